The number of primary sulfonamides is 1. The van der Waals surface area contributed by atoms with Gasteiger partial charge in [-0.05, 0) is 30.7 Å². The van der Waals surface area contributed by atoms with Crippen molar-refractivity contribution in [3.63, 3.8) is 0 Å². The Hall–Kier alpha value is -2.51. The molecule has 0 atom stereocenters. The Balaban J connectivity index is 2.41. The smallest absolute Gasteiger partial charge is 0.254 e. The average molecular weight is 362 g/mol. The molecule has 0 spiro atoms. The molecule has 5 nitrogen and oxygen atoms in total. The molecule has 0 saturated heterocycles. The molecule has 0 aliphatic heterocycles. The number of nitrogens with zero attached hydrogens (tertiary/aromatic N) is 1. The number of benzene rings is 2. The van der Waals surface area contributed by atoms with Gasteiger partial charge in [0.05, 0.1) is 4.90 Å². The first kappa shape index (κ1) is 18.8. The lowest BCUT2D eigenvalue weighted by atomic mass is 10.1. The highest BCUT2D eigenvalue weighted by Gasteiger charge is 2.20. The predicted octanol–water partition coefficient (Wildman–Crippen LogP) is 2.61. The van der Waals surface area contributed by atoms with Gasteiger partial charge in [0.25, 0.3) is 5.91 Å². The third-order valence-corrected chi connectivity index (χ3v) is 4.63. The Bertz CT molecular complexity index is 910. The molecule has 132 valence electrons. The number of aryl methyl sites for hydroxylation is 1. The van der Waals surface area contributed by atoms with Gasteiger partial charge in [-0.2, -0.15) is 0 Å². The third kappa shape index (κ3) is 4.52. The predicted molar refractivity (Wildman–Crippen MR) is 93.9 cm³/mol. The molecule has 7 heteroatoms. The lowest BCUT2D eigenvalue weighted by molar-refractivity contribution is 0.0760. The summed E-state index contributed by atoms with van der Waals surface area (Å²) >= 11 is 0. The number of hydrogen-bond acceptors (Lipinski definition) is 3. The van der Waals surface area contributed by atoms with Crippen molar-refractivity contribution < 1.29 is 17.6 Å². The molecule has 0 heterocycles. The van der Waals surface area contributed by atoms with Gasteiger partial charge in [0.15, 0.2) is 0 Å². The van der Waals surface area contributed by atoms with Gasteiger partial charge in [-0.25, -0.2) is 17.9 Å². The largest absolute Gasteiger partial charge is 0.330 e. The summed E-state index contributed by atoms with van der Waals surface area (Å²) < 4.78 is 37.0. The first-order chi connectivity index (χ1) is 11.7. The van der Waals surface area contributed by atoms with Crippen molar-refractivity contribution in [1.82, 2.24) is 4.90 Å². The van der Waals surface area contributed by atoms with E-state index in [1.165, 1.54) is 35.2 Å². The summed E-state index contributed by atoms with van der Waals surface area (Å²) in [6.45, 7) is 5.53. The second-order valence-corrected chi connectivity index (χ2v) is 7.15. The van der Waals surface area contributed by atoms with Gasteiger partial charge in [-0.1, -0.05) is 30.3 Å². The topological polar surface area (TPSA) is 80.5 Å². The van der Waals surface area contributed by atoms with E-state index in [0.717, 1.165) is 0 Å². The van der Waals surface area contributed by atoms with E-state index >= 15 is 0 Å². The molecular weight excluding hydrogens is 343 g/mol. The molecule has 1 amide bonds. The number of hydrogen-bond donors (Lipinski definition) is 1. The van der Waals surface area contributed by atoms with Crippen LogP contribution < -0.4 is 5.14 Å². The van der Waals surface area contributed by atoms with E-state index in [1.807, 2.05) is 0 Å². The number of carbonyl (C=O) groups is 1. The number of nitrogens with two attached hydrogens (primary N) is 1. The van der Waals surface area contributed by atoms with E-state index in [1.54, 1.807) is 25.1 Å². The highest BCUT2D eigenvalue weighted by molar-refractivity contribution is 7.89. The summed E-state index contributed by atoms with van der Waals surface area (Å²) in [6, 6.07) is 10.3. The maximum absolute atomic E-state index is 13.9. The zero-order valence-electron chi connectivity index (χ0n) is 13.8. The summed E-state index contributed by atoms with van der Waals surface area (Å²) in [4.78, 5) is 14.1. The zero-order valence-corrected chi connectivity index (χ0v) is 14.6. The van der Waals surface area contributed by atoms with E-state index in [2.05, 4.69) is 6.58 Å². The van der Waals surface area contributed by atoms with Crippen LogP contribution in [0.15, 0.2) is 60.0 Å². The van der Waals surface area contributed by atoms with Crippen molar-refractivity contribution in [2.75, 3.05) is 6.54 Å². The van der Waals surface area contributed by atoms with E-state index in [9.17, 15) is 17.6 Å². The molecular formula is C18H19FN2O3S. The van der Waals surface area contributed by atoms with Crippen LogP contribution in [-0.4, -0.2) is 25.8 Å². The lowest BCUT2D eigenvalue weighted by Crippen LogP contribution is -2.31. The van der Waals surface area contributed by atoms with Crippen molar-refractivity contribution in [2.24, 2.45) is 5.14 Å². The van der Waals surface area contributed by atoms with Crippen LogP contribution in [0, 0.1) is 12.7 Å². The summed E-state index contributed by atoms with van der Waals surface area (Å²) in [6.07, 6.45) is 1.53. The van der Waals surface area contributed by atoms with Crippen LogP contribution in [0.3, 0.4) is 0 Å². The third-order valence-electron chi connectivity index (χ3n) is 3.72. The number of amides is 1. The van der Waals surface area contributed by atoms with Gasteiger partial charge in [-0.15, -0.1) is 6.58 Å². The van der Waals surface area contributed by atoms with E-state index in [0.29, 0.717) is 11.1 Å². The van der Waals surface area contributed by atoms with Crippen molar-refractivity contribution in [3.05, 3.63) is 77.6 Å². The molecule has 0 bridgehead atoms. The minimum atomic E-state index is -3.93. The zero-order chi connectivity index (χ0) is 18.6. The standard InChI is InChI=1S/C18H19FN2O3S/c1-3-10-21(12-14-6-4-5-7-17(14)19)18(22)16-11-15(25(20,23)24)9-8-13(16)2/h3-9,11H,1,10,12H2,2H3,(H2,20,23,24). The molecule has 0 aromatic heterocycles. The fourth-order valence-electron chi connectivity index (χ4n) is 2.39. The molecule has 2 N–H and O–H groups in total. The minimum Gasteiger partial charge on any atom is -0.330 e. The van der Waals surface area contributed by atoms with Crippen molar-refractivity contribution in [3.8, 4) is 0 Å². The number of carbonyl (C=O) groups excluding carboxylic acids is 1. The van der Waals surface area contributed by atoms with E-state index in [4.69, 9.17) is 5.14 Å². The van der Waals surface area contributed by atoms with Crippen LogP contribution >= 0.6 is 0 Å². The first-order valence-electron chi connectivity index (χ1n) is 7.51. The van der Waals surface area contributed by atoms with E-state index in [-0.39, 0.29) is 23.5 Å². The quantitative estimate of drug-likeness (QED) is 0.802. The van der Waals surface area contributed by atoms with Crippen molar-refractivity contribution in [2.45, 2.75) is 18.4 Å². The van der Waals surface area contributed by atoms with Crippen LogP contribution in [0.1, 0.15) is 21.5 Å². The molecule has 0 unspecified atom stereocenters. The maximum Gasteiger partial charge on any atom is 0.254 e. The summed E-state index contributed by atoms with van der Waals surface area (Å²) in [7, 11) is -3.93. The summed E-state index contributed by atoms with van der Waals surface area (Å²) in [5.41, 5.74) is 1.16. The Kier molecular flexibility index (Phi) is 5.71. The molecule has 25 heavy (non-hydrogen) atoms. The Labute approximate surface area is 146 Å². The second-order valence-electron chi connectivity index (χ2n) is 5.59. The second kappa shape index (κ2) is 7.58. The molecule has 2 aromatic carbocycles. The normalized spacial score (nSPS) is 11.2. The fourth-order valence-corrected chi connectivity index (χ4v) is 2.93. The average Bonchev–Trinajstić information content (AvgIpc) is 2.55. The van der Waals surface area contributed by atoms with Gasteiger partial charge in [0.1, 0.15) is 5.82 Å². The van der Waals surface area contributed by atoms with Gasteiger partial charge in [-0.3, -0.25) is 4.79 Å². The Morgan fingerprint density at radius 3 is 2.56 bits per heavy atom. The Morgan fingerprint density at radius 2 is 1.96 bits per heavy atom. The molecule has 2 aromatic rings. The van der Waals surface area contributed by atoms with Crippen molar-refractivity contribution >= 4 is 15.9 Å². The first-order valence-corrected chi connectivity index (χ1v) is 9.05. The van der Waals surface area contributed by atoms with Gasteiger partial charge >= 0.3 is 0 Å². The number of rotatable bonds is 6. The fraction of sp³-hybridized carbons (Fsp3) is 0.167. The number of sulfonamides is 1. The maximum atomic E-state index is 13.9. The van der Waals surface area contributed by atoms with Crippen LogP contribution in [-0.2, 0) is 16.6 Å². The highest BCUT2D eigenvalue weighted by atomic mass is 32.2. The summed E-state index contributed by atoms with van der Waals surface area (Å²) in [5, 5.41) is 5.14. The van der Waals surface area contributed by atoms with Crippen molar-refractivity contribution in [1.29, 1.82) is 0 Å². The molecule has 0 aliphatic carbocycles. The minimum absolute atomic E-state index is 0.0383. The molecule has 0 radical (unpaired) electrons. The van der Waals surface area contributed by atoms with E-state index < -0.39 is 21.7 Å². The molecule has 0 fully saturated rings. The SMILES string of the molecule is C=CCN(Cc1ccccc1F)C(=O)c1cc(S(N)(=O)=O)ccc1C. The number of halogens is 1. The monoisotopic (exact) mass is 362 g/mol. The van der Waals surface area contributed by atoms with Crippen LogP contribution in [0.5, 0.6) is 0 Å². The van der Waals surface area contributed by atoms with Crippen LogP contribution in [0.25, 0.3) is 0 Å². The van der Waals surface area contributed by atoms with Crippen LogP contribution in [0.4, 0.5) is 4.39 Å². The van der Waals surface area contributed by atoms with Gasteiger partial charge in [0, 0.05) is 24.2 Å². The Morgan fingerprint density at radius 1 is 1.28 bits per heavy atom. The highest BCUT2D eigenvalue weighted by Crippen LogP contribution is 2.19. The molecule has 2 rings (SSSR count). The molecule has 0 aliphatic rings. The van der Waals surface area contributed by atoms with Gasteiger partial charge in [0.2, 0.25) is 10.0 Å². The summed E-state index contributed by atoms with van der Waals surface area (Å²) in [5.74, 6) is -0.842. The molecule has 0 saturated carbocycles. The lowest BCUT2D eigenvalue weighted by Gasteiger charge is -2.23. The van der Waals surface area contributed by atoms with Crippen LogP contribution in [0.2, 0.25) is 0 Å². The van der Waals surface area contributed by atoms with Gasteiger partial charge < -0.3 is 4.90 Å².